The lowest BCUT2D eigenvalue weighted by Crippen LogP contribution is -2.34. The van der Waals surface area contributed by atoms with E-state index in [9.17, 15) is 4.79 Å². The van der Waals surface area contributed by atoms with E-state index in [1.165, 1.54) is 5.56 Å². The second-order valence-corrected chi connectivity index (χ2v) is 8.36. The van der Waals surface area contributed by atoms with Gasteiger partial charge in [-0.25, -0.2) is 0 Å². The van der Waals surface area contributed by atoms with Crippen molar-refractivity contribution in [2.45, 2.75) is 32.9 Å². The van der Waals surface area contributed by atoms with Crippen molar-refractivity contribution in [3.05, 3.63) is 72.2 Å². The van der Waals surface area contributed by atoms with Gasteiger partial charge in [-0.3, -0.25) is 14.6 Å². The average molecular weight is 399 g/mol. The van der Waals surface area contributed by atoms with Gasteiger partial charge < -0.3 is 4.90 Å². The van der Waals surface area contributed by atoms with E-state index in [-0.39, 0.29) is 11.9 Å². The van der Waals surface area contributed by atoms with Crippen LogP contribution >= 0.6 is 0 Å². The smallest absolute Gasteiger partial charge is 0.254 e. The van der Waals surface area contributed by atoms with Gasteiger partial charge in [0.2, 0.25) is 0 Å². The Morgan fingerprint density at radius 1 is 1.13 bits per heavy atom. The Morgan fingerprint density at radius 3 is 2.73 bits per heavy atom. The highest BCUT2D eigenvalue weighted by molar-refractivity contribution is 5.94. The Kier molecular flexibility index (Phi) is 4.62. The Hall–Kier alpha value is -3.41. The van der Waals surface area contributed by atoms with E-state index in [4.69, 9.17) is 0 Å². The first-order valence-electron chi connectivity index (χ1n) is 10.4. The zero-order valence-corrected chi connectivity index (χ0v) is 17.2. The number of H-pyrrole nitrogens is 1. The number of amides is 1. The second-order valence-electron chi connectivity index (χ2n) is 8.36. The van der Waals surface area contributed by atoms with Gasteiger partial charge in [-0.15, -0.1) is 0 Å². The summed E-state index contributed by atoms with van der Waals surface area (Å²) in [5.74, 6) is 0.520. The van der Waals surface area contributed by atoms with E-state index >= 15 is 0 Å². The fourth-order valence-corrected chi connectivity index (χ4v) is 4.49. The first kappa shape index (κ1) is 18.6. The fraction of sp³-hybridized carbons (Fsp3) is 0.292. The van der Waals surface area contributed by atoms with E-state index in [0.717, 1.165) is 47.1 Å². The second kappa shape index (κ2) is 7.44. The number of carbonyl (C=O) groups is 1. The molecule has 152 valence electrons. The van der Waals surface area contributed by atoms with Crippen molar-refractivity contribution in [3.63, 3.8) is 0 Å². The number of nitrogens with one attached hydrogen (secondary N) is 1. The summed E-state index contributed by atoms with van der Waals surface area (Å²) in [5, 5.41) is 12.6. The maximum Gasteiger partial charge on any atom is 0.254 e. The van der Waals surface area contributed by atoms with Crippen LogP contribution in [0, 0.1) is 12.8 Å². The summed E-state index contributed by atoms with van der Waals surface area (Å²) < 4.78 is 2.08. The van der Waals surface area contributed by atoms with Gasteiger partial charge in [0.25, 0.3) is 5.91 Å². The van der Waals surface area contributed by atoms with Crippen LogP contribution in [-0.2, 0) is 6.54 Å². The fourth-order valence-electron chi connectivity index (χ4n) is 4.49. The number of rotatable bonds is 4. The first-order valence-corrected chi connectivity index (χ1v) is 10.4. The van der Waals surface area contributed by atoms with Crippen LogP contribution < -0.4 is 0 Å². The lowest BCUT2D eigenvalue weighted by atomic mass is 10.1. The molecule has 1 saturated heterocycles. The molecule has 6 heteroatoms. The molecule has 0 radical (unpaired) electrons. The monoisotopic (exact) mass is 399 g/mol. The van der Waals surface area contributed by atoms with Crippen LogP contribution in [0.25, 0.3) is 22.0 Å². The summed E-state index contributed by atoms with van der Waals surface area (Å²) in [7, 11) is 0. The third-order valence-corrected chi connectivity index (χ3v) is 6.13. The van der Waals surface area contributed by atoms with Crippen molar-refractivity contribution in [2.75, 3.05) is 6.54 Å². The molecule has 1 amide bonds. The van der Waals surface area contributed by atoms with Crippen molar-refractivity contribution in [3.8, 4) is 11.1 Å². The molecule has 1 aliphatic heterocycles. The van der Waals surface area contributed by atoms with Crippen LogP contribution in [0.15, 0.2) is 61.1 Å². The van der Waals surface area contributed by atoms with Crippen molar-refractivity contribution in [2.24, 2.45) is 5.92 Å². The third kappa shape index (κ3) is 3.38. The number of hydrogen-bond donors (Lipinski definition) is 1. The number of nitrogens with zero attached hydrogens (tertiary/aromatic N) is 4. The quantitative estimate of drug-likeness (QED) is 0.557. The molecule has 1 fully saturated rings. The molecule has 2 aromatic heterocycles. The van der Waals surface area contributed by atoms with E-state index in [1.807, 2.05) is 54.7 Å². The number of aryl methyl sites for hydroxylation is 1. The van der Waals surface area contributed by atoms with Crippen LogP contribution in [0.1, 0.15) is 29.3 Å². The number of carbonyl (C=O) groups excluding carboxylic acids is 1. The summed E-state index contributed by atoms with van der Waals surface area (Å²) in [6, 6.07) is 14.5. The predicted octanol–water partition coefficient (Wildman–Crippen LogP) is 4.29. The first-order chi connectivity index (χ1) is 14.6. The van der Waals surface area contributed by atoms with E-state index in [1.54, 1.807) is 0 Å². The predicted molar refractivity (Wildman–Crippen MR) is 117 cm³/mol. The molecule has 0 spiro atoms. The molecule has 0 unspecified atom stereocenters. The number of aromatic nitrogens is 4. The van der Waals surface area contributed by atoms with Crippen molar-refractivity contribution in [1.29, 1.82) is 0 Å². The molecule has 1 aliphatic rings. The minimum Gasteiger partial charge on any atom is -0.336 e. The van der Waals surface area contributed by atoms with Gasteiger partial charge in [-0.1, -0.05) is 23.8 Å². The molecule has 1 N–H and O–H groups in total. The van der Waals surface area contributed by atoms with Crippen LogP contribution in [0.5, 0.6) is 0 Å². The Labute approximate surface area is 175 Å². The standard InChI is InChI=1S/C24H25N5O/c1-16-3-5-19(6-4-16)24(30)28-14-18(9-17(28)2)15-29-23-8-7-20(10-21(23)13-27-29)22-11-25-26-12-22/h3-8,10-13,17-18H,9,14-15H2,1-2H3,(H,25,26)/t17-,18-/m0/s1. The SMILES string of the molecule is Cc1ccc(C(=O)N2C[C@@H](Cn3ncc4cc(-c5cn[nH]c5)ccc43)C[C@@H]2C)cc1. The summed E-state index contributed by atoms with van der Waals surface area (Å²) in [5.41, 5.74) is 5.25. The number of benzene rings is 2. The Bertz CT molecular complexity index is 1180. The summed E-state index contributed by atoms with van der Waals surface area (Å²) in [6.45, 7) is 5.76. The van der Waals surface area contributed by atoms with Gasteiger partial charge in [0.1, 0.15) is 0 Å². The highest BCUT2D eigenvalue weighted by Crippen LogP contribution is 2.28. The molecule has 2 atom stereocenters. The zero-order chi connectivity index (χ0) is 20.7. The maximum atomic E-state index is 13.0. The van der Waals surface area contributed by atoms with Crippen LogP contribution in [-0.4, -0.2) is 43.4 Å². The van der Waals surface area contributed by atoms with Gasteiger partial charge in [0, 0.05) is 41.8 Å². The number of fused-ring (bicyclic) bond motifs is 1. The summed E-state index contributed by atoms with van der Waals surface area (Å²) >= 11 is 0. The number of aromatic amines is 1. The Balaban J connectivity index is 1.32. The summed E-state index contributed by atoms with van der Waals surface area (Å²) in [6.07, 6.45) is 6.63. The number of hydrogen-bond acceptors (Lipinski definition) is 3. The molecule has 0 saturated carbocycles. The molecule has 3 heterocycles. The number of likely N-dealkylation sites (tertiary alicyclic amines) is 1. The molecular formula is C24H25N5O. The molecule has 0 bridgehead atoms. The van der Waals surface area contributed by atoms with Crippen LogP contribution in [0.3, 0.4) is 0 Å². The minimum absolute atomic E-state index is 0.125. The van der Waals surface area contributed by atoms with E-state index < -0.39 is 0 Å². The normalized spacial score (nSPS) is 18.9. The topological polar surface area (TPSA) is 66.8 Å². The third-order valence-electron chi connectivity index (χ3n) is 6.13. The summed E-state index contributed by atoms with van der Waals surface area (Å²) in [4.78, 5) is 15.0. The van der Waals surface area contributed by atoms with Gasteiger partial charge in [0.15, 0.2) is 0 Å². The van der Waals surface area contributed by atoms with E-state index in [2.05, 4.69) is 45.1 Å². The Morgan fingerprint density at radius 2 is 1.97 bits per heavy atom. The van der Waals surface area contributed by atoms with Crippen molar-refractivity contribution < 1.29 is 4.79 Å². The van der Waals surface area contributed by atoms with Crippen molar-refractivity contribution in [1.82, 2.24) is 24.9 Å². The van der Waals surface area contributed by atoms with Crippen LogP contribution in [0.4, 0.5) is 0 Å². The van der Waals surface area contributed by atoms with E-state index in [0.29, 0.717) is 5.92 Å². The largest absolute Gasteiger partial charge is 0.336 e. The molecule has 0 aliphatic carbocycles. The van der Waals surface area contributed by atoms with Crippen LogP contribution in [0.2, 0.25) is 0 Å². The highest BCUT2D eigenvalue weighted by atomic mass is 16.2. The average Bonchev–Trinajstić information content (AvgIpc) is 3.49. The molecule has 30 heavy (non-hydrogen) atoms. The minimum atomic E-state index is 0.125. The van der Waals surface area contributed by atoms with Gasteiger partial charge in [0.05, 0.1) is 17.9 Å². The molecular weight excluding hydrogens is 374 g/mol. The molecule has 5 rings (SSSR count). The van der Waals surface area contributed by atoms with Gasteiger partial charge in [-0.05, 0) is 56.0 Å². The highest BCUT2D eigenvalue weighted by Gasteiger charge is 2.33. The maximum absolute atomic E-state index is 13.0. The molecule has 2 aromatic carbocycles. The molecule has 4 aromatic rings. The lowest BCUT2D eigenvalue weighted by Gasteiger charge is -2.21. The van der Waals surface area contributed by atoms with Gasteiger partial charge >= 0.3 is 0 Å². The van der Waals surface area contributed by atoms with Gasteiger partial charge in [-0.2, -0.15) is 10.2 Å². The van der Waals surface area contributed by atoms with Crippen molar-refractivity contribution >= 4 is 16.8 Å². The zero-order valence-electron chi connectivity index (χ0n) is 17.2. The lowest BCUT2D eigenvalue weighted by molar-refractivity contribution is 0.0742. The molecule has 6 nitrogen and oxygen atoms in total.